The number of nitrogens with zero attached hydrogens (tertiary/aromatic N) is 4. The molecule has 6 nitrogen and oxygen atoms in total. The second-order valence-corrected chi connectivity index (χ2v) is 4.35. The van der Waals surface area contributed by atoms with E-state index in [0.717, 1.165) is 12.0 Å². The minimum Gasteiger partial charge on any atom is -0.352 e. The van der Waals surface area contributed by atoms with Gasteiger partial charge in [-0.2, -0.15) is 10.4 Å². The number of hydrogen-bond donors (Lipinski definition) is 1. The molecule has 0 spiro atoms. The third-order valence-electron chi connectivity index (χ3n) is 2.83. The smallest absolute Gasteiger partial charge is 0.220 e. The molecular weight excluding hydrogens is 254 g/mol. The summed E-state index contributed by atoms with van der Waals surface area (Å²) in [7, 11) is 0. The number of benzene rings is 1. The van der Waals surface area contributed by atoms with Crippen LogP contribution >= 0.6 is 0 Å². The molecule has 0 fully saturated rings. The second-order valence-electron chi connectivity index (χ2n) is 4.35. The normalized spacial score (nSPS) is 9.95. The third-order valence-corrected chi connectivity index (χ3v) is 2.83. The number of nitrogens with one attached hydrogen (secondary N) is 1. The Balaban J connectivity index is 1.68. The number of carbonyl (C=O) groups is 1. The van der Waals surface area contributed by atoms with Crippen LogP contribution in [0, 0.1) is 11.3 Å². The maximum Gasteiger partial charge on any atom is 0.220 e. The quantitative estimate of drug-likeness (QED) is 0.855. The largest absolute Gasteiger partial charge is 0.352 e. The van der Waals surface area contributed by atoms with E-state index in [4.69, 9.17) is 5.26 Å². The van der Waals surface area contributed by atoms with Crippen LogP contribution in [-0.2, 0) is 17.9 Å². The van der Waals surface area contributed by atoms with E-state index in [1.165, 1.54) is 6.33 Å². The van der Waals surface area contributed by atoms with Gasteiger partial charge in [-0.1, -0.05) is 12.1 Å². The van der Waals surface area contributed by atoms with E-state index in [1.54, 1.807) is 23.1 Å². The zero-order valence-corrected chi connectivity index (χ0v) is 11.0. The number of aromatic nitrogens is 3. The van der Waals surface area contributed by atoms with Crippen LogP contribution < -0.4 is 5.32 Å². The molecule has 1 heterocycles. The van der Waals surface area contributed by atoms with Gasteiger partial charge >= 0.3 is 0 Å². The van der Waals surface area contributed by atoms with Gasteiger partial charge in [0.2, 0.25) is 5.91 Å². The minimum atomic E-state index is 0.00877. The lowest BCUT2D eigenvalue weighted by molar-refractivity contribution is -0.121. The molecule has 102 valence electrons. The van der Waals surface area contributed by atoms with Gasteiger partial charge in [0, 0.05) is 19.5 Å². The lowest BCUT2D eigenvalue weighted by Crippen LogP contribution is -2.22. The summed E-state index contributed by atoms with van der Waals surface area (Å²) in [4.78, 5) is 15.5. The van der Waals surface area contributed by atoms with Crippen LogP contribution in [0.2, 0.25) is 0 Å². The number of nitriles is 1. The summed E-state index contributed by atoms with van der Waals surface area (Å²) in [6, 6.07) is 9.23. The Hall–Kier alpha value is -2.68. The highest BCUT2D eigenvalue weighted by Gasteiger charge is 2.02. The summed E-state index contributed by atoms with van der Waals surface area (Å²) < 4.78 is 1.70. The van der Waals surface area contributed by atoms with Crippen molar-refractivity contribution in [2.45, 2.75) is 25.9 Å². The maximum atomic E-state index is 11.7. The molecule has 0 unspecified atom stereocenters. The summed E-state index contributed by atoms with van der Waals surface area (Å²) in [5, 5.41) is 15.5. The molecule has 0 atom stereocenters. The number of carbonyl (C=O) groups excluding carboxylic acids is 1. The number of aryl methyl sites for hydroxylation is 1. The van der Waals surface area contributed by atoms with Gasteiger partial charge in [-0.25, -0.2) is 4.98 Å². The molecule has 2 aromatic rings. The average molecular weight is 269 g/mol. The number of hydrogen-bond acceptors (Lipinski definition) is 4. The fourth-order valence-electron chi connectivity index (χ4n) is 1.74. The average Bonchev–Trinajstić information content (AvgIpc) is 2.99. The molecule has 2 rings (SSSR count). The van der Waals surface area contributed by atoms with Crippen molar-refractivity contribution in [2.75, 3.05) is 0 Å². The fraction of sp³-hybridized carbons (Fsp3) is 0.286. The summed E-state index contributed by atoms with van der Waals surface area (Å²) >= 11 is 0. The zero-order chi connectivity index (χ0) is 14.2. The first-order chi connectivity index (χ1) is 9.78. The first-order valence-electron chi connectivity index (χ1n) is 6.36. The topological polar surface area (TPSA) is 83.6 Å². The van der Waals surface area contributed by atoms with Crippen LogP contribution in [0.3, 0.4) is 0 Å². The highest BCUT2D eigenvalue weighted by atomic mass is 16.1. The molecule has 0 aliphatic heterocycles. The standard InChI is InChI=1S/C14H15N5O/c15-8-12-3-5-13(6-4-12)9-17-14(20)2-1-7-19-11-16-10-18-19/h3-6,10-11H,1-2,7,9H2,(H,17,20). The van der Waals surface area contributed by atoms with Crippen molar-refractivity contribution in [3.63, 3.8) is 0 Å². The molecule has 20 heavy (non-hydrogen) atoms. The van der Waals surface area contributed by atoms with Crippen LogP contribution in [-0.4, -0.2) is 20.7 Å². The van der Waals surface area contributed by atoms with Crippen molar-refractivity contribution >= 4 is 5.91 Å². The third kappa shape index (κ3) is 4.21. The predicted octanol–water partition coefficient (Wildman–Crippen LogP) is 1.25. The monoisotopic (exact) mass is 269 g/mol. The Morgan fingerprint density at radius 3 is 2.80 bits per heavy atom. The van der Waals surface area contributed by atoms with Crippen molar-refractivity contribution in [2.24, 2.45) is 0 Å². The van der Waals surface area contributed by atoms with Crippen LogP contribution in [0.4, 0.5) is 0 Å². The number of rotatable bonds is 6. The van der Waals surface area contributed by atoms with Crippen LogP contribution in [0.25, 0.3) is 0 Å². The van der Waals surface area contributed by atoms with Gasteiger partial charge in [-0.15, -0.1) is 0 Å². The first kappa shape index (κ1) is 13.7. The Labute approximate surface area is 117 Å². The molecule has 6 heteroatoms. The maximum absolute atomic E-state index is 11.7. The number of amides is 1. The molecule has 0 aliphatic carbocycles. The van der Waals surface area contributed by atoms with Gasteiger partial charge in [0.1, 0.15) is 12.7 Å². The van der Waals surface area contributed by atoms with E-state index >= 15 is 0 Å². The van der Waals surface area contributed by atoms with E-state index in [2.05, 4.69) is 21.5 Å². The highest BCUT2D eigenvalue weighted by Crippen LogP contribution is 2.03. The molecule has 0 bridgehead atoms. The van der Waals surface area contributed by atoms with Gasteiger partial charge in [0.05, 0.1) is 11.6 Å². The molecular formula is C14H15N5O. The molecule has 1 N–H and O–H groups in total. The van der Waals surface area contributed by atoms with Crippen molar-refractivity contribution < 1.29 is 4.79 Å². The molecule has 0 radical (unpaired) electrons. The summed E-state index contributed by atoms with van der Waals surface area (Å²) in [6.45, 7) is 1.16. The molecule has 0 saturated heterocycles. The van der Waals surface area contributed by atoms with Crippen molar-refractivity contribution in [3.8, 4) is 6.07 Å². The molecule has 0 aliphatic rings. The molecule has 1 amide bonds. The van der Waals surface area contributed by atoms with Gasteiger partial charge in [-0.3, -0.25) is 9.48 Å². The van der Waals surface area contributed by atoms with Crippen molar-refractivity contribution in [1.29, 1.82) is 5.26 Å². The predicted molar refractivity (Wildman–Crippen MR) is 72.3 cm³/mol. The van der Waals surface area contributed by atoms with Gasteiger partial charge in [0.25, 0.3) is 0 Å². The fourth-order valence-corrected chi connectivity index (χ4v) is 1.74. The van der Waals surface area contributed by atoms with Gasteiger partial charge < -0.3 is 5.32 Å². The second kappa shape index (κ2) is 7.04. The van der Waals surface area contributed by atoms with Crippen LogP contribution in [0.15, 0.2) is 36.9 Å². The van der Waals surface area contributed by atoms with E-state index in [1.807, 2.05) is 12.1 Å². The van der Waals surface area contributed by atoms with E-state index in [0.29, 0.717) is 25.1 Å². The van der Waals surface area contributed by atoms with Gasteiger partial charge in [-0.05, 0) is 24.1 Å². The summed E-state index contributed by atoms with van der Waals surface area (Å²) in [5.74, 6) is 0.00877. The van der Waals surface area contributed by atoms with Crippen LogP contribution in [0.5, 0.6) is 0 Å². The Morgan fingerprint density at radius 1 is 1.35 bits per heavy atom. The Morgan fingerprint density at radius 2 is 2.15 bits per heavy atom. The van der Waals surface area contributed by atoms with E-state index in [9.17, 15) is 4.79 Å². The lowest BCUT2D eigenvalue weighted by Gasteiger charge is -2.05. The van der Waals surface area contributed by atoms with E-state index in [-0.39, 0.29) is 5.91 Å². The van der Waals surface area contributed by atoms with E-state index < -0.39 is 0 Å². The SMILES string of the molecule is N#Cc1ccc(CNC(=O)CCCn2cncn2)cc1. The summed E-state index contributed by atoms with van der Waals surface area (Å²) in [6.07, 6.45) is 4.29. The van der Waals surface area contributed by atoms with Crippen LogP contribution in [0.1, 0.15) is 24.0 Å². The molecule has 1 aromatic carbocycles. The Kier molecular flexibility index (Phi) is 4.84. The molecule has 1 aromatic heterocycles. The van der Waals surface area contributed by atoms with Crippen molar-refractivity contribution in [3.05, 3.63) is 48.0 Å². The van der Waals surface area contributed by atoms with Crippen molar-refractivity contribution in [1.82, 2.24) is 20.1 Å². The highest BCUT2D eigenvalue weighted by molar-refractivity contribution is 5.75. The Bertz CT molecular complexity index is 583. The first-order valence-corrected chi connectivity index (χ1v) is 6.36. The minimum absolute atomic E-state index is 0.00877. The lowest BCUT2D eigenvalue weighted by atomic mass is 10.1. The summed E-state index contributed by atoms with van der Waals surface area (Å²) in [5.41, 5.74) is 1.60. The molecule has 0 saturated carbocycles. The van der Waals surface area contributed by atoms with Gasteiger partial charge in [0.15, 0.2) is 0 Å². The zero-order valence-electron chi connectivity index (χ0n) is 11.0.